The Morgan fingerprint density at radius 3 is 2.42 bits per heavy atom. The normalized spacial score (nSPS) is 13.9. The Morgan fingerprint density at radius 2 is 1.75 bits per heavy atom. The highest BCUT2D eigenvalue weighted by atomic mass is 16.6. The van der Waals surface area contributed by atoms with E-state index in [9.17, 15) is 19.7 Å². The summed E-state index contributed by atoms with van der Waals surface area (Å²) in [4.78, 5) is 46.6. The number of para-hydroxylation sites is 2. The van der Waals surface area contributed by atoms with E-state index in [2.05, 4.69) is 20.4 Å². The highest BCUT2D eigenvalue weighted by Gasteiger charge is 2.29. The number of nitrogens with one attached hydrogen (secondary N) is 1. The maximum Gasteiger partial charge on any atom is 0.309 e. The van der Waals surface area contributed by atoms with Gasteiger partial charge in [-0.3, -0.25) is 19.7 Å². The lowest BCUT2D eigenvalue weighted by Crippen LogP contribution is -2.37. The van der Waals surface area contributed by atoms with Crippen LogP contribution in [0.4, 0.5) is 17.2 Å². The summed E-state index contributed by atoms with van der Waals surface area (Å²) in [6, 6.07) is 10.1. The van der Waals surface area contributed by atoms with Crippen LogP contribution in [0, 0.1) is 36.8 Å². The number of aromatic nitrogens is 4. The number of ether oxygens (including phenoxy) is 1. The average molecular weight is 494 g/mol. The molecule has 0 atom stereocenters. The number of carbonyl (C=O) groups excluding carboxylic acids is 2. The Balaban J connectivity index is 1.32. The van der Waals surface area contributed by atoms with Gasteiger partial charge in [-0.25, -0.2) is 9.97 Å². The quantitative estimate of drug-likeness (QED) is 0.298. The Hall–Kier alpha value is -4.35. The van der Waals surface area contributed by atoms with Crippen LogP contribution in [-0.2, 0) is 14.3 Å². The number of hydrogen-bond donors (Lipinski definition) is 1. The number of rotatable bonds is 7. The lowest BCUT2D eigenvalue weighted by atomic mass is 9.96. The van der Waals surface area contributed by atoms with E-state index in [-0.39, 0.29) is 11.6 Å². The molecule has 0 unspecified atom stereocenters. The summed E-state index contributed by atoms with van der Waals surface area (Å²) in [5.41, 5.74) is 2.77. The second-order valence-corrected chi connectivity index (χ2v) is 8.70. The van der Waals surface area contributed by atoms with Crippen LogP contribution in [0.1, 0.15) is 29.9 Å². The van der Waals surface area contributed by atoms with Gasteiger partial charge in [0.25, 0.3) is 17.5 Å². The number of nitrogens with zero attached hydrogens (tertiary/aromatic N) is 6. The molecule has 1 aliphatic heterocycles. The van der Waals surface area contributed by atoms with Gasteiger partial charge in [0.1, 0.15) is 11.5 Å². The van der Waals surface area contributed by atoms with Crippen molar-refractivity contribution < 1.29 is 19.2 Å². The molecule has 0 saturated carbocycles. The summed E-state index contributed by atoms with van der Waals surface area (Å²) < 4.78 is 6.71. The Kier molecular flexibility index (Phi) is 7.23. The van der Waals surface area contributed by atoms with Crippen LogP contribution in [0.25, 0.3) is 5.95 Å². The van der Waals surface area contributed by atoms with E-state index in [4.69, 9.17) is 4.74 Å². The van der Waals surface area contributed by atoms with Crippen molar-refractivity contribution in [2.24, 2.45) is 5.92 Å². The molecule has 1 fully saturated rings. The molecule has 1 saturated heterocycles. The zero-order valence-corrected chi connectivity index (χ0v) is 20.3. The molecule has 3 aromatic rings. The summed E-state index contributed by atoms with van der Waals surface area (Å²) in [5.74, 6) is -0.649. The predicted octanol–water partition coefficient (Wildman–Crippen LogP) is 2.89. The average Bonchev–Trinajstić information content (AvgIpc) is 3.21. The Bertz CT molecular complexity index is 1280. The third-order valence-electron chi connectivity index (χ3n) is 5.85. The first kappa shape index (κ1) is 24.8. The molecule has 1 amide bonds. The maximum atomic E-state index is 12.6. The van der Waals surface area contributed by atoms with Crippen LogP contribution in [-0.4, -0.2) is 56.2 Å². The van der Waals surface area contributed by atoms with Crippen LogP contribution < -0.4 is 10.2 Å². The third-order valence-corrected chi connectivity index (χ3v) is 5.85. The molecule has 36 heavy (non-hydrogen) atoms. The number of hydrogen-bond acceptors (Lipinski definition) is 9. The fraction of sp³-hybridized carbons (Fsp3) is 0.375. The minimum absolute atomic E-state index is 0.0379. The largest absolute Gasteiger partial charge is 0.455 e. The minimum atomic E-state index is -0.508. The lowest BCUT2D eigenvalue weighted by molar-refractivity contribution is -0.384. The molecule has 1 aromatic carbocycles. The van der Waals surface area contributed by atoms with Crippen molar-refractivity contribution in [2.75, 3.05) is 29.9 Å². The van der Waals surface area contributed by atoms with Gasteiger partial charge in [0, 0.05) is 36.6 Å². The molecule has 188 valence electrons. The van der Waals surface area contributed by atoms with E-state index in [0.717, 1.165) is 11.4 Å². The molecule has 4 rings (SSSR count). The summed E-state index contributed by atoms with van der Waals surface area (Å²) >= 11 is 0. The van der Waals surface area contributed by atoms with Crippen molar-refractivity contribution in [3.8, 4) is 5.95 Å². The highest BCUT2D eigenvalue weighted by molar-refractivity contribution is 5.92. The van der Waals surface area contributed by atoms with Crippen LogP contribution in [0.3, 0.4) is 0 Å². The van der Waals surface area contributed by atoms with Crippen molar-refractivity contribution in [3.63, 3.8) is 0 Å². The van der Waals surface area contributed by atoms with Crippen LogP contribution in [0.2, 0.25) is 0 Å². The van der Waals surface area contributed by atoms with E-state index in [1.807, 2.05) is 24.8 Å². The van der Waals surface area contributed by atoms with Crippen molar-refractivity contribution >= 4 is 29.1 Å². The van der Waals surface area contributed by atoms with Gasteiger partial charge in [-0.15, -0.1) is 0 Å². The fourth-order valence-electron chi connectivity index (χ4n) is 4.22. The lowest BCUT2D eigenvalue weighted by Gasteiger charge is -2.32. The van der Waals surface area contributed by atoms with Gasteiger partial charge in [-0.1, -0.05) is 12.1 Å². The standard InChI is InChI=1S/C24H27N7O5/c1-15-12-16(2)26-24(25-15)30-21(13-17(3)28-30)27-22(32)14-36-23(33)18-8-10-29(11-9-18)19-6-4-5-7-20(19)31(34)35/h4-7,12-13,18H,8-11,14H2,1-3H3,(H,27,32). The number of carbonyl (C=O) groups is 2. The third kappa shape index (κ3) is 5.65. The topological polar surface area (TPSA) is 145 Å². The molecule has 2 aromatic heterocycles. The fourth-order valence-corrected chi connectivity index (χ4v) is 4.22. The van der Waals surface area contributed by atoms with Crippen molar-refractivity contribution in [2.45, 2.75) is 33.6 Å². The first-order chi connectivity index (χ1) is 17.2. The van der Waals surface area contributed by atoms with E-state index in [1.54, 1.807) is 31.2 Å². The number of piperidine rings is 1. The Morgan fingerprint density at radius 1 is 1.08 bits per heavy atom. The maximum absolute atomic E-state index is 12.6. The SMILES string of the molecule is Cc1cc(C)nc(-n2nc(C)cc2NC(=O)COC(=O)C2CCN(c3ccccc3[N+](=O)[O-])CC2)n1. The molecular formula is C24H27N7O5. The number of aryl methyl sites for hydroxylation is 3. The predicted molar refractivity (Wildman–Crippen MR) is 131 cm³/mol. The molecule has 0 radical (unpaired) electrons. The molecular weight excluding hydrogens is 466 g/mol. The molecule has 1 N–H and O–H groups in total. The van der Waals surface area contributed by atoms with Crippen LogP contribution >= 0.6 is 0 Å². The van der Waals surface area contributed by atoms with Crippen molar-refractivity contribution in [1.29, 1.82) is 0 Å². The number of benzene rings is 1. The second-order valence-electron chi connectivity index (χ2n) is 8.70. The Labute approximate surface area is 207 Å². The monoisotopic (exact) mass is 493 g/mol. The number of anilines is 2. The summed E-state index contributed by atoms with van der Waals surface area (Å²) in [5, 5.41) is 18.4. The van der Waals surface area contributed by atoms with E-state index < -0.39 is 23.4 Å². The highest BCUT2D eigenvalue weighted by Crippen LogP contribution is 2.31. The number of amides is 1. The van der Waals surface area contributed by atoms with Gasteiger partial charge >= 0.3 is 5.97 Å². The summed E-state index contributed by atoms with van der Waals surface area (Å²) in [6.07, 6.45) is 0.949. The molecule has 3 heterocycles. The smallest absolute Gasteiger partial charge is 0.309 e. The molecule has 0 spiro atoms. The van der Waals surface area contributed by atoms with Gasteiger partial charge in [0.15, 0.2) is 6.61 Å². The van der Waals surface area contributed by atoms with E-state index >= 15 is 0 Å². The first-order valence-corrected chi connectivity index (χ1v) is 11.6. The van der Waals surface area contributed by atoms with Crippen molar-refractivity contribution in [1.82, 2.24) is 19.7 Å². The summed E-state index contributed by atoms with van der Waals surface area (Å²) in [7, 11) is 0. The molecule has 1 aliphatic rings. The van der Waals surface area contributed by atoms with E-state index in [1.165, 1.54) is 10.7 Å². The van der Waals surface area contributed by atoms with Crippen molar-refractivity contribution in [3.05, 3.63) is 63.6 Å². The van der Waals surface area contributed by atoms with Gasteiger partial charge < -0.3 is 15.0 Å². The number of nitro benzene ring substituents is 1. The van der Waals surface area contributed by atoms with E-state index in [0.29, 0.717) is 49.1 Å². The molecule has 0 aliphatic carbocycles. The number of esters is 1. The van der Waals surface area contributed by atoms with Gasteiger partial charge in [-0.2, -0.15) is 9.78 Å². The molecule has 12 nitrogen and oxygen atoms in total. The molecule has 0 bridgehead atoms. The van der Waals surface area contributed by atoms with Gasteiger partial charge in [-0.05, 0) is 45.7 Å². The summed E-state index contributed by atoms with van der Waals surface area (Å²) in [6.45, 7) is 5.98. The van der Waals surface area contributed by atoms with Crippen LogP contribution in [0.5, 0.6) is 0 Å². The van der Waals surface area contributed by atoms with Gasteiger partial charge in [0.05, 0.1) is 16.5 Å². The minimum Gasteiger partial charge on any atom is -0.455 e. The second kappa shape index (κ2) is 10.5. The zero-order chi connectivity index (χ0) is 25.8. The number of nitro groups is 1. The molecule has 12 heteroatoms. The van der Waals surface area contributed by atoms with Gasteiger partial charge in [0.2, 0.25) is 0 Å². The zero-order valence-electron chi connectivity index (χ0n) is 20.3. The van der Waals surface area contributed by atoms with Crippen LogP contribution in [0.15, 0.2) is 36.4 Å². The first-order valence-electron chi connectivity index (χ1n) is 11.6.